The highest BCUT2D eigenvalue weighted by molar-refractivity contribution is 5.49. The van der Waals surface area contributed by atoms with Crippen LogP contribution in [0.4, 0.5) is 0 Å². The SMILES string of the molecule is C[C@@H]1CC[C@@H]([C@@H](C)CC=O)O1. The minimum Gasteiger partial charge on any atom is -0.375 e. The number of carbonyl (C=O) groups is 1. The number of hydrogen-bond acceptors (Lipinski definition) is 2. The van der Waals surface area contributed by atoms with Gasteiger partial charge in [-0.2, -0.15) is 0 Å². The predicted molar refractivity (Wildman–Crippen MR) is 43.4 cm³/mol. The lowest BCUT2D eigenvalue weighted by molar-refractivity contribution is -0.109. The molecule has 0 radical (unpaired) electrons. The van der Waals surface area contributed by atoms with Crippen molar-refractivity contribution >= 4 is 6.29 Å². The summed E-state index contributed by atoms with van der Waals surface area (Å²) in [5.41, 5.74) is 0. The summed E-state index contributed by atoms with van der Waals surface area (Å²) in [5.74, 6) is 0.400. The maximum Gasteiger partial charge on any atom is 0.120 e. The fourth-order valence-electron chi connectivity index (χ4n) is 1.56. The van der Waals surface area contributed by atoms with Gasteiger partial charge in [0.25, 0.3) is 0 Å². The first kappa shape index (κ1) is 8.72. The molecule has 1 heterocycles. The molecule has 1 aliphatic heterocycles. The molecule has 0 aromatic heterocycles. The van der Waals surface area contributed by atoms with E-state index in [2.05, 4.69) is 13.8 Å². The van der Waals surface area contributed by atoms with E-state index < -0.39 is 0 Å². The summed E-state index contributed by atoms with van der Waals surface area (Å²) in [6, 6.07) is 0. The first-order valence-corrected chi connectivity index (χ1v) is 4.33. The van der Waals surface area contributed by atoms with Gasteiger partial charge in [-0.05, 0) is 25.7 Å². The zero-order chi connectivity index (χ0) is 8.27. The Labute approximate surface area is 67.9 Å². The lowest BCUT2D eigenvalue weighted by Gasteiger charge is -2.16. The number of ether oxygens (including phenoxy) is 1. The van der Waals surface area contributed by atoms with Gasteiger partial charge in [0.05, 0.1) is 12.2 Å². The molecule has 0 aliphatic carbocycles. The van der Waals surface area contributed by atoms with Crippen molar-refractivity contribution in [3.05, 3.63) is 0 Å². The van der Waals surface area contributed by atoms with Crippen LogP contribution in [0.15, 0.2) is 0 Å². The average molecular weight is 156 g/mol. The van der Waals surface area contributed by atoms with Crippen molar-refractivity contribution in [1.82, 2.24) is 0 Å². The monoisotopic (exact) mass is 156 g/mol. The molecule has 2 heteroatoms. The van der Waals surface area contributed by atoms with Gasteiger partial charge < -0.3 is 9.53 Å². The van der Waals surface area contributed by atoms with Crippen molar-refractivity contribution in [3.63, 3.8) is 0 Å². The van der Waals surface area contributed by atoms with Crippen LogP contribution >= 0.6 is 0 Å². The van der Waals surface area contributed by atoms with E-state index in [0.717, 1.165) is 19.1 Å². The van der Waals surface area contributed by atoms with E-state index in [1.54, 1.807) is 0 Å². The maximum atomic E-state index is 10.2. The smallest absolute Gasteiger partial charge is 0.120 e. The third kappa shape index (κ3) is 2.29. The van der Waals surface area contributed by atoms with E-state index in [4.69, 9.17) is 4.74 Å². The Morgan fingerprint density at radius 1 is 1.64 bits per heavy atom. The molecule has 0 aromatic rings. The Hall–Kier alpha value is -0.370. The Morgan fingerprint density at radius 2 is 2.36 bits per heavy atom. The third-order valence-corrected chi connectivity index (χ3v) is 2.37. The van der Waals surface area contributed by atoms with Gasteiger partial charge in [0.1, 0.15) is 6.29 Å². The summed E-state index contributed by atoms with van der Waals surface area (Å²) in [4.78, 5) is 10.2. The Morgan fingerprint density at radius 3 is 2.82 bits per heavy atom. The molecule has 11 heavy (non-hydrogen) atoms. The number of aldehydes is 1. The standard InChI is InChI=1S/C9H16O2/c1-7(5-6-10)9-4-3-8(2)11-9/h6-9H,3-5H2,1-2H3/t7-,8+,9-/m0/s1. The van der Waals surface area contributed by atoms with Gasteiger partial charge in [-0.25, -0.2) is 0 Å². The molecule has 0 N–H and O–H groups in total. The van der Waals surface area contributed by atoms with Crippen LogP contribution in [0.2, 0.25) is 0 Å². The van der Waals surface area contributed by atoms with Gasteiger partial charge in [-0.3, -0.25) is 0 Å². The summed E-state index contributed by atoms with van der Waals surface area (Å²) in [6.45, 7) is 4.17. The zero-order valence-electron chi connectivity index (χ0n) is 7.25. The molecule has 1 rings (SSSR count). The number of rotatable bonds is 3. The molecular formula is C9H16O2. The molecule has 0 aromatic carbocycles. The van der Waals surface area contributed by atoms with Crippen LogP contribution in [0.25, 0.3) is 0 Å². The topological polar surface area (TPSA) is 26.3 Å². The molecule has 1 aliphatic rings. The van der Waals surface area contributed by atoms with Crippen LogP contribution in [-0.4, -0.2) is 18.5 Å². The van der Waals surface area contributed by atoms with Gasteiger partial charge in [-0.15, -0.1) is 0 Å². The number of hydrogen-bond donors (Lipinski definition) is 0. The van der Waals surface area contributed by atoms with Gasteiger partial charge in [0.2, 0.25) is 0 Å². The summed E-state index contributed by atoms with van der Waals surface area (Å²) in [5, 5.41) is 0. The highest BCUT2D eigenvalue weighted by Gasteiger charge is 2.26. The maximum absolute atomic E-state index is 10.2. The summed E-state index contributed by atoms with van der Waals surface area (Å²) < 4.78 is 5.62. The molecule has 2 nitrogen and oxygen atoms in total. The molecular weight excluding hydrogens is 140 g/mol. The van der Waals surface area contributed by atoms with Crippen molar-refractivity contribution < 1.29 is 9.53 Å². The van der Waals surface area contributed by atoms with Crippen LogP contribution < -0.4 is 0 Å². The lowest BCUT2D eigenvalue weighted by Crippen LogP contribution is -2.18. The fourth-order valence-corrected chi connectivity index (χ4v) is 1.56. The second-order valence-electron chi connectivity index (χ2n) is 3.44. The third-order valence-electron chi connectivity index (χ3n) is 2.37. The normalized spacial score (nSPS) is 33.6. The van der Waals surface area contributed by atoms with Gasteiger partial charge in [0, 0.05) is 6.42 Å². The summed E-state index contributed by atoms with van der Waals surface area (Å²) in [6.07, 6.45) is 4.61. The molecule has 1 saturated heterocycles. The Balaban J connectivity index is 2.30. The van der Waals surface area contributed by atoms with Crippen LogP contribution in [0.5, 0.6) is 0 Å². The number of carbonyl (C=O) groups excluding carboxylic acids is 1. The van der Waals surface area contributed by atoms with E-state index >= 15 is 0 Å². The van der Waals surface area contributed by atoms with Crippen molar-refractivity contribution in [1.29, 1.82) is 0 Å². The first-order valence-electron chi connectivity index (χ1n) is 4.33. The second kappa shape index (κ2) is 3.86. The van der Waals surface area contributed by atoms with Crippen LogP contribution in [0.1, 0.15) is 33.1 Å². The molecule has 0 bridgehead atoms. The Kier molecular flexibility index (Phi) is 3.06. The summed E-state index contributed by atoms with van der Waals surface area (Å²) >= 11 is 0. The van der Waals surface area contributed by atoms with E-state index in [-0.39, 0.29) is 0 Å². The first-order chi connectivity index (χ1) is 5.24. The quantitative estimate of drug-likeness (QED) is 0.582. The lowest BCUT2D eigenvalue weighted by atomic mass is 9.99. The minimum atomic E-state index is 0.329. The van der Waals surface area contributed by atoms with Gasteiger partial charge >= 0.3 is 0 Å². The van der Waals surface area contributed by atoms with Crippen LogP contribution in [0, 0.1) is 5.92 Å². The molecule has 3 atom stereocenters. The molecule has 0 spiro atoms. The molecule has 64 valence electrons. The van der Waals surface area contributed by atoms with Crippen LogP contribution in [-0.2, 0) is 9.53 Å². The van der Waals surface area contributed by atoms with Gasteiger partial charge in [-0.1, -0.05) is 6.92 Å². The predicted octanol–water partition coefficient (Wildman–Crippen LogP) is 1.78. The van der Waals surface area contributed by atoms with Gasteiger partial charge in [0.15, 0.2) is 0 Å². The van der Waals surface area contributed by atoms with Crippen LogP contribution in [0.3, 0.4) is 0 Å². The molecule has 0 saturated carbocycles. The van der Waals surface area contributed by atoms with Crippen molar-refractivity contribution in [2.24, 2.45) is 5.92 Å². The largest absolute Gasteiger partial charge is 0.375 e. The highest BCUT2D eigenvalue weighted by atomic mass is 16.5. The van der Waals surface area contributed by atoms with E-state index in [1.165, 1.54) is 0 Å². The molecule has 0 amide bonds. The second-order valence-corrected chi connectivity index (χ2v) is 3.44. The minimum absolute atomic E-state index is 0.329. The fraction of sp³-hybridized carbons (Fsp3) is 0.889. The molecule has 1 fully saturated rings. The Bertz CT molecular complexity index is 134. The summed E-state index contributed by atoms with van der Waals surface area (Å²) in [7, 11) is 0. The van der Waals surface area contributed by atoms with E-state index in [0.29, 0.717) is 24.5 Å². The van der Waals surface area contributed by atoms with E-state index in [1.807, 2.05) is 0 Å². The van der Waals surface area contributed by atoms with E-state index in [9.17, 15) is 4.79 Å². The molecule has 0 unspecified atom stereocenters. The van der Waals surface area contributed by atoms with Crippen molar-refractivity contribution in [2.45, 2.75) is 45.3 Å². The van der Waals surface area contributed by atoms with Crippen molar-refractivity contribution in [3.8, 4) is 0 Å². The highest BCUT2D eigenvalue weighted by Crippen LogP contribution is 2.25. The zero-order valence-corrected chi connectivity index (χ0v) is 7.25. The van der Waals surface area contributed by atoms with Crippen molar-refractivity contribution in [2.75, 3.05) is 0 Å². The average Bonchev–Trinajstić information content (AvgIpc) is 2.36.